The van der Waals surface area contributed by atoms with Crippen LogP contribution in [0.15, 0.2) is 85.0 Å². The zero-order chi connectivity index (χ0) is 18.9. The van der Waals surface area contributed by atoms with Crippen molar-refractivity contribution >= 4 is 16.5 Å². The lowest BCUT2D eigenvalue weighted by molar-refractivity contribution is 0.336. The van der Waals surface area contributed by atoms with E-state index in [4.69, 9.17) is 0 Å². The van der Waals surface area contributed by atoms with Crippen LogP contribution in [0, 0.1) is 11.8 Å². The molecule has 2 aliphatic heterocycles. The van der Waals surface area contributed by atoms with Crippen LogP contribution in [0.3, 0.4) is 0 Å². The minimum atomic E-state index is 0.477. The van der Waals surface area contributed by atoms with E-state index >= 15 is 0 Å². The Bertz CT molecular complexity index is 1170. The second-order valence-corrected chi connectivity index (χ2v) is 9.26. The van der Waals surface area contributed by atoms with E-state index < -0.39 is 0 Å². The van der Waals surface area contributed by atoms with Gasteiger partial charge in [0.2, 0.25) is 0 Å². The summed E-state index contributed by atoms with van der Waals surface area (Å²) >= 11 is 0. The van der Waals surface area contributed by atoms with Crippen molar-refractivity contribution in [1.82, 2.24) is 0 Å². The summed E-state index contributed by atoms with van der Waals surface area (Å²) in [5, 5.41) is 2.88. The van der Waals surface area contributed by atoms with Crippen LogP contribution in [0.4, 0.5) is 5.69 Å². The first-order valence-corrected chi connectivity index (χ1v) is 11.1. The first-order chi connectivity index (χ1) is 14.4. The lowest BCUT2D eigenvalue weighted by Crippen LogP contribution is -2.46. The van der Waals surface area contributed by atoms with Crippen molar-refractivity contribution in [2.45, 2.75) is 30.7 Å². The van der Waals surface area contributed by atoms with Crippen molar-refractivity contribution in [2.24, 2.45) is 11.8 Å². The number of rotatable bonds is 1. The van der Waals surface area contributed by atoms with E-state index in [9.17, 15) is 0 Å². The van der Waals surface area contributed by atoms with Gasteiger partial charge in [-0.2, -0.15) is 0 Å². The molecule has 2 heterocycles. The summed E-state index contributed by atoms with van der Waals surface area (Å²) in [4.78, 5) is 2.81. The number of nitrogens with zero attached hydrogens (tertiary/aromatic N) is 1. The molecule has 0 radical (unpaired) electrons. The van der Waals surface area contributed by atoms with Crippen LogP contribution in [-0.4, -0.2) is 6.54 Å². The molecule has 3 aromatic rings. The van der Waals surface area contributed by atoms with E-state index in [1.54, 1.807) is 16.8 Å². The molecule has 0 saturated heterocycles. The van der Waals surface area contributed by atoms with Gasteiger partial charge in [-0.1, -0.05) is 78.9 Å². The molecule has 0 N–H and O–H groups in total. The maximum absolute atomic E-state index is 2.81. The summed E-state index contributed by atoms with van der Waals surface area (Å²) in [5.41, 5.74) is 6.21. The topological polar surface area (TPSA) is 3.24 Å². The summed E-state index contributed by atoms with van der Waals surface area (Å²) < 4.78 is 0. The molecule has 1 nitrogen and oxygen atoms in total. The lowest BCUT2D eigenvalue weighted by atomic mass is 9.69. The molecule has 0 unspecified atom stereocenters. The number of benzene rings is 3. The smallest absolute Gasteiger partial charge is 0.0582 e. The van der Waals surface area contributed by atoms with Gasteiger partial charge in [0.05, 0.1) is 6.04 Å². The Labute approximate surface area is 172 Å². The molecule has 0 amide bonds. The fourth-order valence-electron chi connectivity index (χ4n) is 6.76. The minimum absolute atomic E-state index is 0.477. The third kappa shape index (κ3) is 2.11. The van der Waals surface area contributed by atoms with Gasteiger partial charge in [0.1, 0.15) is 0 Å². The van der Waals surface area contributed by atoms with Gasteiger partial charge in [-0.25, -0.2) is 0 Å². The Balaban J connectivity index is 1.56. The van der Waals surface area contributed by atoms with E-state index in [-0.39, 0.29) is 0 Å². The fraction of sp³-hybridized carbons (Fsp3) is 0.286. The van der Waals surface area contributed by atoms with E-state index in [1.807, 2.05) is 0 Å². The van der Waals surface area contributed by atoms with Gasteiger partial charge in [-0.05, 0) is 58.2 Å². The Morgan fingerprint density at radius 3 is 2.52 bits per heavy atom. The molecule has 0 spiro atoms. The van der Waals surface area contributed by atoms with Crippen LogP contribution in [0.1, 0.15) is 47.4 Å². The average Bonchev–Trinajstić information content (AvgIpc) is 3.43. The summed E-state index contributed by atoms with van der Waals surface area (Å²) in [6, 6.07) is 23.4. The summed E-state index contributed by atoms with van der Waals surface area (Å²) in [6.07, 6.45) is 12.3. The van der Waals surface area contributed by atoms with Crippen LogP contribution in [0.2, 0.25) is 0 Å². The molecule has 4 aliphatic rings. The van der Waals surface area contributed by atoms with Gasteiger partial charge in [0.15, 0.2) is 0 Å². The van der Waals surface area contributed by atoms with E-state index in [1.165, 1.54) is 35.7 Å². The van der Waals surface area contributed by atoms with Gasteiger partial charge in [-0.3, -0.25) is 0 Å². The number of anilines is 1. The number of hydrogen-bond acceptors (Lipinski definition) is 1. The molecule has 0 fully saturated rings. The van der Waals surface area contributed by atoms with E-state index in [2.05, 4.69) is 89.9 Å². The third-order valence-electron chi connectivity index (χ3n) is 7.89. The van der Waals surface area contributed by atoms with Crippen LogP contribution < -0.4 is 4.90 Å². The molecule has 0 bridgehead atoms. The molecule has 142 valence electrons. The molecule has 29 heavy (non-hydrogen) atoms. The maximum atomic E-state index is 2.81. The second-order valence-electron chi connectivity index (χ2n) is 9.26. The number of fused-ring (bicyclic) bond motifs is 6. The first kappa shape index (κ1) is 16.0. The Morgan fingerprint density at radius 2 is 1.59 bits per heavy atom. The largest absolute Gasteiger partial charge is 0.363 e. The summed E-state index contributed by atoms with van der Waals surface area (Å²) in [5.74, 6) is 2.46. The van der Waals surface area contributed by atoms with Gasteiger partial charge in [0.25, 0.3) is 0 Å². The SMILES string of the molecule is C1=C[C@@H]2c3cc4ccccc4c4c3N(C[C@H]2C1)[C@@H](c1ccccc1)[C@H]1CC=C[C@H]41. The summed E-state index contributed by atoms with van der Waals surface area (Å²) in [7, 11) is 0. The third-order valence-corrected chi connectivity index (χ3v) is 7.89. The quantitative estimate of drug-likeness (QED) is 0.426. The second kappa shape index (κ2) is 5.86. The molecule has 0 aromatic heterocycles. The van der Waals surface area contributed by atoms with Crippen LogP contribution >= 0.6 is 0 Å². The zero-order valence-electron chi connectivity index (χ0n) is 16.5. The van der Waals surface area contributed by atoms with Crippen molar-refractivity contribution < 1.29 is 0 Å². The summed E-state index contributed by atoms with van der Waals surface area (Å²) in [6.45, 7) is 1.18. The van der Waals surface area contributed by atoms with Gasteiger partial charge in [0, 0.05) is 24.1 Å². The normalized spacial score (nSPS) is 31.0. The first-order valence-electron chi connectivity index (χ1n) is 11.1. The maximum Gasteiger partial charge on any atom is 0.0582 e. The van der Waals surface area contributed by atoms with Crippen molar-refractivity contribution in [3.8, 4) is 0 Å². The predicted molar refractivity (Wildman–Crippen MR) is 120 cm³/mol. The Morgan fingerprint density at radius 1 is 0.793 bits per heavy atom. The van der Waals surface area contributed by atoms with Crippen molar-refractivity contribution in [3.05, 3.63) is 102 Å². The molecular formula is C28H25N. The molecule has 3 aromatic carbocycles. The van der Waals surface area contributed by atoms with Crippen molar-refractivity contribution in [3.63, 3.8) is 0 Å². The average molecular weight is 376 g/mol. The Hall–Kier alpha value is -2.80. The van der Waals surface area contributed by atoms with E-state index in [0.717, 1.165) is 0 Å². The van der Waals surface area contributed by atoms with Gasteiger partial charge >= 0.3 is 0 Å². The molecule has 1 heteroatoms. The lowest BCUT2D eigenvalue weighted by Gasteiger charge is -2.51. The van der Waals surface area contributed by atoms with Crippen LogP contribution in [-0.2, 0) is 0 Å². The highest BCUT2D eigenvalue weighted by molar-refractivity contribution is 5.94. The molecular weight excluding hydrogens is 350 g/mol. The highest BCUT2D eigenvalue weighted by Crippen LogP contribution is 2.60. The van der Waals surface area contributed by atoms with Crippen LogP contribution in [0.25, 0.3) is 10.8 Å². The zero-order valence-corrected chi connectivity index (χ0v) is 16.5. The standard InChI is InChI=1S/C28H25N/c1-2-8-18(9-3-1)27-24-15-7-14-23(24)26-22-12-5-4-10-19(22)16-25-21-13-6-11-20(21)17-29(27)28(25)26/h1-10,12-14,16,20-21,23-24,27H,11,15,17H2/t20-,21+,23+,24+,27+/m1/s1. The molecule has 2 aliphatic carbocycles. The van der Waals surface area contributed by atoms with Crippen molar-refractivity contribution in [2.75, 3.05) is 11.4 Å². The number of allylic oxidation sites excluding steroid dienone is 4. The monoisotopic (exact) mass is 375 g/mol. The molecule has 7 rings (SSSR count). The molecule has 0 saturated carbocycles. The highest BCUT2D eigenvalue weighted by Gasteiger charge is 2.48. The van der Waals surface area contributed by atoms with Gasteiger partial charge in [-0.15, -0.1) is 0 Å². The minimum Gasteiger partial charge on any atom is -0.363 e. The predicted octanol–water partition coefficient (Wildman–Crippen LogP) is 6.73. The van der Waals surface area contributed by atoms with Crippen molar-refractivity contribution in [1.29, 1.82) is 0 Å². The van der Waals surface area contributed by atoms with E-state index in [0.29, 0.717) is 29.7 Å². The highest BCUT2D eigenvalue weighted by atomic mass is 15.2. The number of hydrogen-bond donors (Lipinski definition) is 0. The van der Waals surface area contributed by atoms with Crippen LogP contribution in [0.5, 0.6) is 0 Å². The fourth-order valence-corrected chi connectivity index (χ4v) is 6.76. The Kier molecular flexibility index (Phi) is 3.24. The van der Waals surface area contributed by atoms with Gasteiger partial charge < -0.3 is 4.90 Å². The molecule has 5 atom stereocenters.